The molecule has 0 bridgehead atoms. The first-order valence-corrected chi connectivity index (χ1v) is 4.17. The first-order chi connectivity index (χ1) is 5.13. The molecule has 0 saturated heterocycles. The molecule has 0 aromatic rings. The molecule has 3 N–H and O–H groups in total. The summed E-state index contributed by atoms with van der Waals surface area (Å²) in [6, 6.07) is 0. The van der Waals surface area contributed by atoms with Crippen molar-refractivity contribution in [3.63, 3.8) is 0 Å². The van der Waals surface area contributed by atoms with Gasteiger partial charge in [-0.15, -0.1) is 0 Å². The quantitative estimate of drug-likeness (QED) is 0.544. The highest BCUT2D eigenvalue weighted by Crippen LogP contribution is 2.08. The zero-order chi connectivity index (χ0) is 8.85. The van der Waals surface area contributed by atoms with Crippen molar-refractivity contribution < 1.29 is 15.3 Å². The summed E-state index contributed by atoms with van der Waals surface area (Å²) in [7, 11) is 0. The van der Waals surface area contributed by atoms with Gasteiger partial charge in [0.05, 0.1) is 12.2 Å². The molecule has 0 aliphatic rings. The number of rotatable bonds is 5. The minimum absolute atomic E-state index is 0.474. The van der Waals surface area contributed by atoms with Crippen LogP contribution in [0.4, 0.5) is 0 Å². The van der Waals surface area contributed by atoms with Crippen LogP contribution in [0.3, 0.4) is 0 Å². The predicted octanol–water partition coefficient (Wildman–Crippen LogP) is 0.279. The van der Waals surface area contributed by atoms with E-state index in [9.17, 15) is 10.2 Å². The molecule has 0 fully saturated rings. The molecule has 0 aliphatic carbocycles. The van der Waals surface area contributed by atoms with Gasteiger partial charge in [0.15, 0.2) is 0 Å². The molecule has 0 aromatic heterocycles. The second kappa shape index (κ2) is 5.52. The Morgan fingerprint density at radius 2 is 1.55 bits per heavy atom. The van der Waals surface area contributed by atoms with Crippen LogP contribution in [0, 0.1) is 0 Å². The van der Waals surface area contributed by atoms with Crippen molar-refractivity contribution in [1.29, 1.82) is 0 Å². The van der Waals surface area contributed by atoms with Gasteiger partial charge >= 0.3 is 0 Å². The Morgan fingerprint density at radius 3 is 1.91 bits per heavy atom. The maximum atomic E-state index is 9.22. The van der Waals surface area contributed by atoms with Crippen molar-refractivity contribution in [3.05, 3.63) is 0 Å². The van der Waals surface area contributed by atoms with E-state index < -0.39 is 18.3 Å². The third kappa shape index (κ3) is 3.70. The molecule has 0 aliphatic heterocycles. The van der Waals surface area contributed by atoms with Crippen LogP contribution in [0.5, 0.6) is 0 Å². The minimum atomic E-state index is -0.986. The smallest absolute Gasteiger partial charge is 0.106 e. The topological polar surface area (TPSA) is 60.7 Å². The molecular weight excluding hydrogens is 144 g/mol. The monoisotopic (exact) mass is 162 g/mol. The average molecular weight is 162 g/mol. The highest BCUT2D eigenvalue weighted by molar-refractivity contribution is 4.73. The lowest BCUT2D eigenvalue weighted by Crippen LogP contribution is -2.36. The van der Waals surface area contributed by atoms with Gasteiger partial charge in [0.1, 0.15) is 6.10 Å². The molecule has 0 amide bonds. The van der Waals surface area contributed by atoms with Gasteiger partial charge in [-0.25, -0.2) is 0 Å². The molecular formula is C8H18O3. The van der Waals surface area contributed by atoms with Crippen LogP contribution in [0.1, 0.15) is 33.1 Å². The molecule has 0 saturated carbocycles. The molecule has 3 nitrogen and oxygen atoms in total. The third-order valence-electron chi connectivity index (χ3n) is 1.79. The van der Waals surface area contributed by atoms with Crippen LogP contribution >= 0.6 is 0 Å². The van der Waals surface area contributed by atoms with E-state index in [1.165, 1.54) is 0 Å². The summed E-state index contributed by atoms with van der Waals surface area (Å²) in [5.74, 6) is 0. The fourth-order valence-corrected chi connectivity index (χ4v) is 0.964. The Bertz CT molecular complexity index is 95.3. The lowest BCUT2D eigenvalue weighted by Gasteiger charge is -2.21. The molecule has 3 unspecified atom stereocenters. The zero-order valence-electron chi connectivity index (χ0n) is 7.20. The minimum Gasteiger partial charge on any atom is -0.390 e. The molecule has 11 heavy (non-hydrogen) atoms. The number of hydrogen-bond donors (Lipinski definition) is 3. The second-order valence-electron chi connectivity index (χ2n) is 2.82. The predicted molar refractivity (Wildman–Crippen MR) is 43.2 cm³/mol. The average Bonchev–Trinajstić information content (AvgIpc) is 2.02. The first kappa shape index (κ1) is 10.9. The van der Waals surface area contributed by atoms with E-state index in [1.807, 2.05) is 6.92 Å². The molecule has 0 radical (unpaired) electrons. The van der Waals surface area contributed by atoms with Crippen molar-refractivity contribution in [1.82, 2.24) is 0 Å². The molecule has 0 rings (SSSR count). The first-order valence-electron chi connectivity index (χ1n) is 4.17. The number of aliphatic hydroxyl groups is 3. The van der Waals surface area contributed by atoms with Crippen molar-refractivity contribution in [2.24, 2.45) is 0 Å². The largest absolute Gasteiger partial charge is 0.390 e. The summed E-state index contributed by atoms with van der Waals surface area (Å²) in [6.45, 7) is 3.70. The summed E-state index contributed by atoms with van der Waals surface area (Å²) in [6.07, 6.45) is -0.735. The Kier molecular flexibility index (Phi) is 5.46. The molecule has 3 heteroatoms. The van der Waals surface area contributed by atoms with Crippen molar-refractivity contribution in [2.45, 2.75) is 51.4 Å². The normalized spacial score (nSPS) is 19.4. The van der Waals surface area contributed by atoms with Gasteiger partial charge in [0.25, 0.3) is 0 Å². The number of aliphatic hydroxyl groups excluding tert-OH is 3. The van der Waals surface area contributed by atoms with E-state index in [0.717, 1.165) is 6.42 Å². The van der Waals surface area contributed by atoms with Gasteiger partial charge in [-0.2, -0.15) is 0 Å². The Labute approximate surface area is 67.7 Å². The fourth-order valence-electron chi connectivity index (χ4n) is 0.964. The summed E-state index contributed by atoms with van der Waals surface area (Å²) >= 11 is 0. The van der Waals surface area contributed by atoms with E-state index in [0.29, 0.717) is 12.8 Å². The maximum absolute atomic E-state index is 9.22. The Morgan fingerprint density at radius 1 is 1.00 bits per heavy atom. The molecule has 3 atom stereocenters. The van der Waals surface area contributed by atoms with E-state index in [-0.39, 0.29) is 0 Å². The van der Waals surface area contributed by atoms with E-state index in [1.54, 1.807) is 6.92 Å². The zero-order valence-corrected chi connectivity index (χ0v) is 7.20. The van der Waals surface area contributed by atoms with Gasteiger partial charge in [-0.3, -0.25) is 0 Å². The SMILES string of the molecule is CCCC(O)C(O)C(O)CC. The lowest BCUT2D eigenvalue weighted by molar-refractivity contribution is -0.0624. The van der Waals surface area contributed by atoms with Crippen LogP contribution in [0.2, 0.25) is 0 Å². The van der Waals surface area contributed by atoms with Crippen LogP contribution < -0.4 is 0 Å². The van der Waals surface area contributed by atoms with Crippen LogP contribution in [-0.4, -0.2) is 33.6 Å². The van der Waals surface area contributed by atoms with Crippen LogP contribution in [-0.2, 0) is 0 Å². The molecule has 0 aromatic carbocycles. The van der Waals surface area contributed by atoms with Gasteiger partial charge in [0, 0.05) is 0 Å². The van der Waals surface area contributed by atoms with Crippen LogP contribution in [0.25, 0.3) is 0 Å². The van der Waals surface area contributed by atoms with Gasteiger partial charge in [0.2, 0.25) is 0 Å². The Balaban J connectivity index is 3.70. The van der Waals surface area contributed by atoms with Crippen molar-refractivity contribution >= 4 is 0 Å². The lowest BCUT2D eigenvalue weighted by atomic mass is 10.0. The summed E-state index contributed by atoms with van der Waals surface area (Å²) < 4.78 is 0. The highest BCUT2D eigenvalue weighted by Gasteiger charge is 2.21. The highest BCUT2D eigenvalue weighted by atomic mass is 16.4. The summed E-state index contributed by atoms with van der Waals surface area (Å²) in [5.41, 5.74) is 0. The van der Waals surface area contributed by atoms with Gasteiger partial charge in [-0.05, 0) is 12.8 Å². The molecule has 0 heterocycles. The van der Waals surface area contributed by atoms with Crippen LogP contribution in [0.15, 0.2) is 0 Å². The maximum Gasteiger partial charge on any atom is 0.106 e. The van der Waals surface area contributed by atoms with E-state index in [4.69, 9.17) is 5.11 Å². The number of hydrogen-bond acceptors (Lipinski definition) is 3. The van der Waals surface area contributed by atoms with Crippen molar-refractivity contribution in [3.8, 4) is 0 Å². The third-order valence-corrected chi connectivity index (χ3v) is 1.79. The Hall–Kier alpha value is -0.120. The molecule has 68 valence electrons. The summed E-state index contributed by atoms with van der Waals surface area (Å²) in [5, 5.41) is 27.5. The molecule has 0 spiro atoms. The van der Waals surface area contributed by atoms with E-state index in [2.05, 4.69) is 0 Å². The summed E-state index contributed by atoms with van der Waals surface area (Å²) in [4.78, 5) is 0. The van der Waals surface area contributed by atoms with Crippen molar-refractivity contribution in [2.75, 3.05) is 0 Å². The van der Waals surface area contributed by atoms with E-state index >= 15 is 0 Å². The fraction of sp³-hybridized carbons (Fsp3) is 1.00. The van der Waals surface area contributed by atoms with Gasteiger partial charge in [-0.1, -0.05) is 20.3 Å². The standard InChI is InChI=1S/C8H18O3/c1-3-5-7(10)8(11)6(9)4-2/h6-11H,3-5H2,1-2H3. The van der Waals surface area contributed by atoms with Gasteiger partial charge < -0.3 is 15.3 Å². The second-order valence-corrected chi connectivity index (χ2v) is 2.82.